The Morgan fingerprint density at radius 2 is 2.50 bits per heavy atom. The van der Waals surface area contributed by atoms with Crippen LogP contribution in [-0.2, 0) is 9.53 Å². The molecule has 0 spiro atoms. The molecule has 0 aromatic carbocycles. The van der Waals surface area contributed by atoms with Crippen LogP contribution in [0.3, 0.4) is 0 Å². The van der Waals surface area contributed by atoms with Crippen LogP contribution in [0.15, 0.2) is 0 Å². The molecule has 1 aliphatic rings. The molecule has 3 nitrogen and oxygen atoms in total. The minimum absolute atomic E-state index is 0.0889. The van der Waals surface area contributed by atoms with Gasteiger partial charge in [0.15, 0.2) is 0 Å². The molecule has 0 bridgehead atoms. The van der Waals surface area contributed by atoms with Gasteiger partial charge in [0, 0.05) is 6.61 Å². The van der Waals surface area contributed by atoms with Crippen molar-refractivity contribution in [1.82, 2.24) is 0 Å². The highest BCUT2D eigenvalue weighted by molar-refractivity contribution is 5.79. The van der Waals surface area contributed by atoms with Crippen molar-refractivity contribution in [3.63, 3.8) is 0 Å². The molecule has 2 unspecified atom stereocenters. The summed E-state index contributed by atoms with van der Waals surface area (Å²) in [5, 5.41) is 8.68. The normalized spacial score (nSPS) is 37.3. The largest absolute Gasteiger partial charge is 0.469 e. The van der Waals surface area contributed by atoms with Gasteiger partial charge in [0.25, 0.3) is 0 Å². The van der Waals surface area contributed by atoms with Gasteiger partial charge in [-0.1, -0.05) is 0 Å². The number of carbonyl (C=O) groups is 1. The van der Waals surface area contributed by atoms with Crippen LogP contribution in [-0.4, -0.2) is 24.8 Å². The van der Waals surface area contributed by atoms with E-state index < -0.39 is 0 Å². The molecule has 58 valence electrons. The number of aliphatic hydroxyl groups excluding tert-OH is 1. The van der Waals surface area contributed by atoms with Gasteiger partial charge >= 0.3 is 5.97 Å². The Bertz CT molecular complexity index is 155. The summed E-state index contributed by atoms with van der Waals surface area (Å²) in [6.45, 7) is 1.91. The highest BCUT2D eigenvalue weighted by Gasteiger charge is 2.56. The Labute approximate surface area is 60.0 Å². The van der Waals surface area contributed by atoms with Crippen molar-refractivity contribution in [3.05, 3.63) is 0 Å². The van der Waals surface area contributed by atoms with E-state index in [2.05, 4.69) is 4.74 Å². The lowest BCUT2D eigenvalue weighted by molar-refractivity contribution is -0.147. The highest BCUT2D eigenvalue weighted by atomic mass is 16.5. The van der Waals surface area contributed by atoms with Gasteiger partial charge in [-0.25, -0.2) is 0 Å². The Morgan fingerprint density at radius 1 is 1.90 bits per heavy atom. The molecule has 1 N–H and O–H groups in total. The quantitative estimate of drug-likeness (QED) is 0.562. The first-order chi connectivity index (χ1) is 4.65. The van der Waals surface area contributed by atoms with E-state index in [4.69, 9.17) is 5.11 Å². The summed E-state index contributed by atoms with van der Waals surface area (Å²) in [5.41, 5.74) is -0.385. The maximum atomic E-state index is 10.9. The fraction of sp³-hybridized carbons (Fsp3) is 0.857. The first-order valence-electron chi connectivity index (χ1n) is 3.34. The molecule has 0 aliphatic heterocycles. The third-order valence-electron chi connectivity index (χ3n) is 2.28. The summed E-state index contributed by atoms with van der Waals surface area (Å²) in [6, 6.07) is 0. The molecule has 2 atom stereocenters. The molecule has 0 aromatic heterocycles. The molecule has 1 fully saturated rings. The average molecular weight is 144 g/mol. The van der Waals surface area contributed by atoms with Crippen LogP contribution in [0.5, 0.6) is 0 Å². The van der Waals surface area contributed by atoms with E-state index >= 15 is 0 Å². The summed E-state index contributed by atoms with van der Waals surface area (Å²) in [4.78, 5) is 10.9. The lowest BCUT2D eigenvalue weighted by Gasteiger charge is -2.05. The minimum atomic E-state index is -0.385. The van der Waals surface area contributed by atoms with E-state index in [0.29, 0.717) is 0 Å². The number of esters is 1. The predicted molar refractivity (Wildman–Crippen MR) is 35.3 cm³/mol. The van der Waals surface area contributed by atoms with Crippen LogP contribution >= 0.6 is 0 Å². The molecule has 0 heterocycles. The Kier molecular flexibility index (Phi) is 1.68. The summed E-state index contributed by atoms with van der Waals surface area (Å²) in [7, 11) is 1.38. The Balaban J connectivity index is 2.50. The summed E-state index contributed by atoms with van der Waals surface area (Å²) >= 11 is 0. The van der Waals surface area contributed by atoms with Gasteiger partial charge in [0.2, 0.25) is 0 Å². The molecule has 10 heavy (non-hydrogen) atoms. The second kappa shape index (κ2) is 2.23. The number of ether oxygens (including phenoxy) is 1. The van der Waals surface area contributed by atoms with E-state index in [0.717, 1.165) is 6.42 Å². The van der Waals surface area contributed by atoms with E-state index in [1.165, 1.54) is 7.11 Å². The average Bonchev–Trinajstić information content (AvgIpc) is 2.61. The topological polar surface area (TPSA) is 46.5 Å². The number of hydrogen-bond acceptors (Lipinski definition) is 3. The van der Waals surface area contributed by atoms with Crippen LogP contribution in [0.2, 0.25) is 0 Å². The van der Waals surface area contributed by atoms with Gasteiger partial charge in [-0.3, -0.25) is 4.79 Å². The zero-order valence-electron chi connectivity index (χ0n) is 6.26. The highest BCUT2D eigenvalue weighted by Crippen LogP contribution is 2.52. The maximum absolute atomic E-state index is 10.9. The van der Waals surface area contributed by atoms with Gasteiger partial charge in [-0.2, -0.15) is 0 Å². The van der Waals surface area contributed by atoms with Crippen molar-refractivity contribution in [2.75, 3.05) is 13.7 Å². The Morgan fingerprint density at radius 3 is 2.80 bits per heavy atom. The molecular formula is C7H12O3. The van der Waals surface area contributed by atoms with Crippen LogP contribution in [0.25, 0.3) is 0 Å². The lowest BCUT2D eigenvalue weighted by atomic mass is 10.1. The fourth-order valence-corrected chi connectivity index (χ4v) is 1.20. The number of hydrogen-bond donors (Lipinski definition) is 1. The second-order valence-electron chi connectivity index (χ2n) is 2.99. The molecule has 3 heteroatoms. The van der Waals surface area contributed by atoms with E-state index in [1.54, 1.807) is 0 Å². The van der Waals surface area contributed by atoms with Crippen LogP contribution in [0.1, 0.15) is 13.3 Å². The van der Waals surface area contributed by atoms with Gasteiger partial charge in [-0.15, -0.1) is 0 Å². The first kappa shape index (κ1) is 7.54. The van der Waals surface area contributed by atoms with Gasteiger partial charge < -0.3 is 9.84 Å². The molecule has 0 radical (unpaired) electrons. The fourth-order valence-electron chi connectivity index (χ4n) is 1.20. The van der Waals surface area contributed by atoms with E-state index in [9.17, 15) is 4.79 Å². The zero-order chi connectivity index (χ0) is 7.78. The first-order valence-corrected chi connectivity index (χ1v) is 3.34. The maximum Gasteiger partial charge on any atom is 0.311 e. The van der Waals surface area contributed by atoms with Crippen molar-refractivity contribution >= 4 is 5.97 Å². The molecule has 1 saturated carbocycles. The van der Waals surface area contributed by atoms with Crippen molar-refractivity contribution in [2.24, 2.45) is 11.3 Å². The van der Waals surface area contributed by atoms with Crippen LogP contribution in [0.4, 0.5) is 0 Å². The number of aliphatic hydroxyl groups is 1. The van der Waals surface area contributed by atoms with Crippen LogP contribution < -0.4 is 0 Å². The molecule has 0 amide bonds. The van der Waals surface area contributed by atoms with Gasteiger partial charge in [0.1, 0.15) is 0 Å². The summed E-state index contributed by atoms with van der Waals surface area (Å²) in [6.07, 6.45) is 0.760. The van der Waals surface area contributed by atoms with Crippen molar-refractivity contribution in [3.8, 4) is 0 Å². The predicted octanol–water partition coefficient (Wildman–Crippen LogP) is 0.178. The third-order valence-corrected chi connectivity index (χ3v) is 2.28. The van der Waals surface area contributed by atoms with Crippen molar-refractivity contribution < 1.29 is 14.6 Å². The second-order valence-corrected chi connectivity index (χ2v) is 2.99. The van der Waals surface area contributed by atoms with Gasteiger partial charge in [0.05, 0.1) is 12.5 Å². The molecule has 1 rings (SSSR count). The molecule has 1 aliphatic carbocycles. The number of rotatable bonds is 2. The number of methoxy groups -OCH3 is 1. The lowest BCUT2D eigenvalue weighted by Crippen LogP contribution is -2.17. The third kappa shape index (κ3) is 0.904. The van der Waals surface area contributed by atoms with E-state index in [-0.39, 0.29) is 23.9 Å². The standard InChI is InChI=1S/C7H12O3/c1-7(6(9)10-2)3-5(7)4-8/h5,8H,3-4H2,1-2H3. The minimum Gasteiger partial charge on any atom is -0.469 e. The van der Waals surface area contributed by atoms with Crippen LogP contribution in [0, 0.1) is 11.3 Å². The summed E-state index contributed by atoms with van der Waals surface area (Å²) in [5.74, 6) is -0.0773. The zero-order valence-corrected chi connectivity index (χ0v) is 6.26. The summed E-state index contributed by atoms with van der Waals surface area (Å²) < 4.78 is 4.56. The molecule has 0 saturated heterocycles. The number of carbonyl (C=O) groups excluding carboxylic acids is 1. The monoisotopic (exact) mass is 144 g/mol. The van der Waals surface area contributed by atoms with Crippen molar-refractivity contribution in [1.29, 1.82) is 0 Å². The molecular weight excluding hydrogens is 132 g/mol. The Hall–Kier alpha value is -0.570. The van der Waals surface area contributed by atoms with Crippen molar-refractivity contribution in [2.45, 2.75) is 13.3 Å². The molecule has 0 aromatic rings. The van der Waals surface area contributed by atoms with E-state index in [1.807, 2.05) is 6.92 Å². The smallest absolute Gasteiger partial charge is 0.311 e. The SMILES string of the molecule is COC(=O)C1(C)CC1CO. The van der Waals surface area contributed by atoms with Gasteiger partial charge in [-0.05, 0) is 19.3 Å².